The Bertz CT molecular complexity index is 707. The third kappa shape index (κ3) is 2.77. The van der Waals surface area contributed by atoms with Crippen molar-refractivity contribution in [1.82, 2.24) is 10.1 Å². The second-order valence-electron chi connectivity index (χ2n) is 4.02. The van der Waals surface area contributed by atoms with Crippen molar-refractivity contribution in [2.75, 3.05) is 5.73 Å². The Balaban J connectivity index is 1.82. The van der Waals surface area contributed by atoms with E-state index in [2.05, 4.69) is 10.1 Å². The number of aromatic nitrogens is 2. The average Bonchev–Trinajstić information content (AvgIpc) is 2.98. The summed E-state index contributed by atoms with van der Waals surface area (Å²) in [5.41, 5.74) is 6.72. The van der Waals surface area contributed by atoms with Crippen LogP contribution in [0.3, 0.4) is 0 Å². The molecule has 0 amide bonds. The number of nitrogen functional groups attached to an aromatic ring is 1. The zero-order valence-electron chi connectivity index (χ0n) is 9.84. The van der Waals surface area contributed by atoms with Crippen molar-refractivity contribution in [2.45, 2.75) is 6.42 Å². The highest BCUT2D eigenvalue weighted by atomic mass is 35.5. The summed E-state index contributed by atoms with van der Waals surface area (Å²) in [5.74, 6) is 1.13. The first-order valence-corrected chi connectivity index (χ1v) is 6.83. The van der Waals surface area contributed by atoms with Gasteiger partial charge in [0, 0.05) is 11.4 Å². The van der Waals surface area contributed by atoms with Gasteiger partial charge in [0.05, 0.1) is 9.88 Å². The van der Waals surface area contributed by atoms with E-state index in [1.807, 2.05) is 36.4 Å². The van der Waals surface area contributed by atoms with Crippen LogP contribution in [-0.4, -0.2) is 10.1 Å². The van der Waals surface area contributed by atoms with Crippen molar-refractivity contribution in [1.29, 1.82) is 0 Å². The van der Waals surface area contributed by atoms with Crippen LogP contribution in [0, 0.1) is 0 Å². The first-order valence-electron chi connectivity index (χ1n) is 5.63. The van der Waals surface area contributed by atoms with E-state index in [-0.39, 0.29) is 0 Å². The van der Waals surface area contributed by atoms with Crippen molar-refractivity contribution < 1.29 is 4.52 Å². The Kier molecular flexibility index (Phi) is 3.23. The molecule has 0 spiro atoms. The zero-order valence-corrected chi connectivity index (χ0v) is 11.4. The van der Waals surface area contributed by atoms with Crippen molar-refractivity contribution in [3.8, 4) is 10.8 Å². The van der Waals surface area contributed by atoms with E-state index >= 15 is 0 Å². The van der Waals surface area contributed by atoms with Crippen LogP contribution in [-0.2, 0) is 6.42 Å². The minimum Gasteiger partial charge on any atom is -0.391 e. The van der Waals surface area contributed by atoms with Crippen LogP contribution in [0.1, 0.15) is 11.4 Å². The topological polar surface area (TPSA) is 64.9 Å². The van der Waals surface area contributed by atoms with E-state index in [1.54, 1.807) is 0 Å². The smallest absolute Gasteiger partial charge is 0.268 e. The Hall–Kier alpha value is -1.85. The largest absolute Gasteiger partial charge is 0.391 e. The fourth-order valence-electron chi connectivity index (χ4n) is 1.72. The molecule has 96 valence electrons. The molecule has 4 nitrogen and oxygen atoms in total. The number of hydrogen-bond acceptors (Lipinski definition) is 5. The number of halogens is 1. The van der Waals surface area contributed by atoms with Gasteiger partial charge >= 0.3 is 0 Å². The number of thiophene rings is 1. The zero-order chi connectivity index (χ0) is 13.2. The first kappa shape index (κ1) is 12.2. The van der Waals surface area contributed by atoms with E-state index in [0.29, 0.717) is 23.2 Å². The maximum absolute atomic E-state index is 5.94. The fourth-order valence-corrected chi connectivity index (χ4v) is 2.63. The molecular formula is C13H10ClN3OS. The summed E-state index contributed by atoms with van der Waals surface area (Å²) in [7, 11) is 0. The molecule has 0 aliphatic carbocycles. The molecule has 2 heterocycles. The Labute approximate surface area is 118 Å². The molecule has 2 aromatic heterocycles. The first-order chi connectivity index (χ1) is 9.20. The molecule has 3 aromatic rings. The van der Waals surface area contributed by atoms with Crippen LogP contribution in [0.25, 0.3) is 10.8 Å². The molecule has 0 bridgehead atoms. The molecule has 0 saturated heterocycles. The summed E-state index contributed by atoms with van der Waals surface area (Å²) in [4.78, 5) is 5.23. The summed E-state index contributed by atoms with van der Waals surface area (Å²) >= 11 is 7.36. The molecule has 19 heavy (non-hydrogen) atoms. The molecule has 0 radical (unpaired) electrons. The van der Waals surface area contributed by atoms with Gasteiger partial charge in [0.25, 0.3) is 5.89 Å². The number of hydrogen-bond donors (Lipinski definition) is 1. The van der Waals surface area contributed by atoms with Crippen molar-refractivity contribution >= 4 is 27.9 Å². The Morgan fingerprint density at radius 1 is 1.26 bits per heavy atom. The molecule has 1 aromatic carbocycles. The lowest BCUT2D eigenvalue weighted by atomic mass is 10.1. The van der Waals surface area contributed by atoms with E-state index in [0.717, 1.165) is 15.4 Å². The number of benzene rings is 1. The fraction of sp³-hybridized carbons (Fsp3) is 0.0769. The van der Waals surface area contributed by atoms with Crippen LogP contribution in [0.15, 0.2) is 40.9 Å². The van der Waals surface area contributed by atoms with E-state index in [4.69, 9.17) is 21.9 Å². The third-order valence-electron chi connectivity index (χ3n) is 2.56. The van der Waals surface area contributed by atoms with Crippen LogP contribution in [0.2, 0.25) is 5.02 Å². The number of rotatable bonds is 3. The number of anilines is 1. The quantitative estimate of drug-likeness (QED) is 0.800. The molecule has 0 unspecified atom stereocenters. The summed E-state index contributed by atoms with van der Waals surface area (Å²) in [6.07, 6.45) is 0.588. The van der Waals surface area contributed by atoms with Crippen LogP contribution in [0.5, 0.6) is 0 Å². The van der Waals surface area contributed by atoms with Gasteiger partial charge in [-0.1, -0.05) is 28.9 Å². The molecule has 0 aliphatic rings. The van der Waals surface area contributed by atoms with E-state index in [9.17, 15) is 0 Å². The van der Waals surface area contributed by atoms with Crippen molar-refractivity contribution in [2.24, 2.45) is 0 Å². The molecular weight excluding hydrogens is 282 g/mol. The molecule has 0 fully saturated rings. The number of nitrogens with zero attached hydrogens (tertiary/aromatic N) is 2. The lowest BCUT2D eigenvalue weighted by molar-refractivity contribution is 0.425. The predicted molar refractivity (Wildman–Crippen MR) is 76.3 cm³/mol. The third-order valence-corrected chi connectivity index (χ3v) is 3.69. The lowest BCUT2D eigenvalue weighted by Crippen LogP contribution is -1.90. The van der Waals surface area contributed by atoms with Gasteiger partial charge in [-0.2, -0.15) is 4.98 Å². The van der Waals surface area contributed by atoms with Gasteiger partial charge in [0.15, 0.2) is 5.82 Å². The van der Waals surface area contributed by atoms with Crippen molar-refractivity contribution in [3.05, 3.63) is 52.8 Å². The maximum Gasteiger partial charge on any atom is 0.268 e. The maximum atomic E-state index is 5.94. The van der Waals surface area contributed by atoms with Gasteiger partial charge in [-0.3, -0.25) is 0 Å². The van der Waals surface area contributed by atoms with Gasteiger partial charge < -0.3 is 10.3 Å². The normalized spacial score (nSPS) is 10.8. The summed E-state index contributed by atoms with van der Waals surface area (Å²) in [6, 6.07) is 11.3. The minimum absolute atomic E-state index is 0.499. The molecule has 0 atom stereocenters. The molecule has 0 aliphatic heterocycles. The van der Waals surface area contributed by atoms with Gasteiger partial charge in [0.1, 0.15) is 0 Å². The summed E-state index contributed by atoms with van der Waals surface area (Å²) in [6.45, 7) is 0. The predicted octanol–water partition coefficient (Wildman–Crippen LogP) is 3.62. The van der Waals surface area contributed by atoms with Crippen LogP contribution < -0.4 is 5.73 Å². The van der Waals surface area contributed by atoms with Crippen LogP contribution in [0.4, 0.5) is 5.00 Å². The summed E-state index contributed by atoms with van der Waals surface area (Å²) in [5, 5.41) is 5.39. The van der Waals surface area contributed by atoms with Gasteiger partial charge in [-0.25, -0.2) is 0 Å². The summed E-state index contributed by atoms with van der Waals surface area (Å²) < 4.78 is 5.23. The lowest BCUT2D eigenvalue weighted by Gasteiger charge is -1.96. The SMILES string of the molecule is Nc1ccc(-c2nc(Cc3cccc(Cl)c3)no2)s1. The highest BCUT2D eigenvalue weighted by Gasteiger charge is 2.11. The van der Waals surface area contributed by atoms with Crippen LogP contribution >= 0.6 is 22.9 Å². The minimum atomic E-state index is 0.499. The molecule has 6 heteroatoms. The highest BCUT2D eigenvalue weighted by Crippen LogP contribution is 2.28. The van der Waals surface area contributed by atoms with E-state index in [1.165, 1.54) is 11.3 Å². The Morgan fingerprint density at radius 2 is 2.16 bits per heavy atom. The van der Waals surface area contributed by atoms with Crippen molar-refractivity contribution in [3.63, 3.8) is 0 Å². The van der Waals surface area contributed by atoms with Gasteiger partial charge in [-0.15, -0.1) is 11.3 Å². The number of nitrogens with two attached hydrogens (primary N) is 1. The van der Waals surface area contributed by atoms with Gasteiger partial charge in [-0.05, 0) is 29.8 Å². The molecule has 3 rings (SSSR count). The standard InChI is InChI=1S/C13H10ClN3OS/c14-9-3-1-2-8(6-9)7-12-16-13(18-17-12)10-4-5-11(15)19-10/h1-6H,7,15H2. The second-order valence-corrected chi connectivity index (χ2v) is 5.58. The molecule has 2 N–H and O–H groups in total. The highest BCUT2D eigenvalue weighted by molar-refractivity contribution is 7.19. The monoisotopic (exact) mass is 291 g/mol. The van der Waals surface area contributed by atoms with E-state index < -0.39 is 0 Å². The molecule has 0 saturated carbocycles. The second kappa shape index (κ2) is 5.03. The van der Waals surface area contributed by atoms with Gasteiger partial charge in [0.2, 0.25) is 0 Å². The Morgan fingerprint density at radius 3 is 2.89 bits per heavy atom. The average molecular weight is 292 g/mol.